The molecular formula is C23H30N4O6S. The van der Waals surface area contributed by atoms with Crippen LogP contribution in [0.1, 0.15) is 26.0 Å². The van der Waals surface area contributed by atoms with Gasteiger partial charge in [-0.05, 0) is 13.3 Å². The lowest BCUT2D eigenvalue weighted by atomic mass is 9.79. The number of thioether (sulfide) groups is 1. The molecule has 2 fully saturated rings. The van der Waals surface area contributed by atoms with Crippen LogP contribution in [-0.2, 0) is 27.8 Å². The first kappa shape index (κ1) is 24.3. The molecule has 2 saturated heterocycles. The number of hydrogen-bond donors (Lipinski definition) is 2. The molecule has 0 spiro atoms. The van der Waals surface area contributed by atoms with Crippen molar-refractivity contribution < 1.29 is 29.3 Å². The maximum Gasteiger partial charge on any atom is 0.410 e. The van der Waals surface area contributed by atoms with Crippen molar-refractivity contribution in [3.05, 3.63) is 41.5 Å². The van der Waals surface area contributed by atoms with E-state index in [9.17, 15) is 24.6 Å². The Hall–Kier alpha value is -2.79. The quantitative estimate of drug-likeness (QED) is 0.416. The lowest BCUT2D eigenvalue weighted by Gasteiger charge is -2.46. The number of carbonyl (C=O) groups excluding carboxylic acids is 2. The van der Waals surface area contributed by atoms with Gasteiger partial charge >= 0.3 is 12.1 Å². The van der Waals surface area contributed by atoms with Crippen molar-refractivity contribution in [2.45, 2.75) is 50.1 Å². The number of imidazole rings is 1. The number of rotatable bonds is 8. The molecule has 0 bridgehead atoms. The molecule has 3 aliphatic rings. The van der Waals surface area contributed by atoms with Gasteiger partial charge in [-0.3, -0.25) is 4.79 Å². The van der Waals surface area contributed by atoms with Gasteiger partial charge in [0.1, 0.15) is 12.3 Å². The highest BCUT2D eigenvalue weighted by atomic mass is 32.2. The Bertz CT molecular complexity index is 1040. The van der Waals surface area contributed by atoms with Crippen molar-refractivity contribution in [2.24, 2.45) is 18.9 Å². The van der Waals surface area contributed by atoms with E-state index >= 15 is 0 Å². The van der Waals surface area contributed by atoms with Crippen molar-refractivity contribution in [3.63, 3.8) is 0 Å². The number of nitrogens with zero attached hydrogens (tertiary/aromatic N) is 4. The molecule has 2 amide bonds. The SMILES string of the molecule is C=CCOC(=O)N1C[C@@H](SC2=C(C(=O)O)N3C(=O)[C@H]([C@@H](C)O)[C@H]3[C@H]2C)C[C@H]1Cc1cncn1C. The van der Waals surface area contributed by atoms with E-state index in [1.54, 1.807) is 24.3 Å². The number of aliphatic hydroxyl groups is 1. The topological polar surface area (TPSA) is 125 Å². The minimum Gasteiger partial charge on any atom is -0.477 e. The van der Waals surface area contributed by atoms with Crippen LogP contribution in [0.15, 0.2) is 35.8 Å². The number of likely N-dealkylation sites (tertiary alicyclic amines) is 1. The molecule has 1 aromatic heterocycles. The van der Waals surface area contributed by atoms with Crippen molar-refractivity contribution in [2.75, 3.05) is 13.2 Å². The predicted octanol–water partition coefficient (Wildman–Crippen LogP) is 1.61. The van der Waals surface area contributed by atoms with E-state index in [2.05, 4.69) is 11.6 Å². The summed E-state index contributed by atoms with van der Waals surface area (Å²) in [4.78, 5) is 45.3. The fourth-order valence-corrected chi connectivity index (χ4v) is 6.83. The number of amides is 2. The van der Waals surface area contributed by atoms with Gasteiger partial charge in [0.2, 0.25) is 5.91 Å². The monoisotopic (exact) mass is 490 g/mol. The maximum absolute atomic E-state index is 12.8. The molecule has 1 aromatic rings. The molecule has 4 heterocycles. The Balaban J connectivity index is 1.56. The highest BCUT2D eigenvalue weighted by Gasteiger charge is 2.60. The van der Waals surface area contributed by atoms with Crippen LogP contribution in [0.3, 0.4) is 0 Å². The Morgan fingerprint density at radius 2 is 2.18 bits per heavy atom. The van der Waals surface area contributed by atoms with Crippen LogP contribution in [0.5, 0.6) is 0 Å². The van der Waals surface area contributed by atoms with Crippen LogP contribution in [0, 0.1) is 11.8 Å². The summed E-state index contributed by atoms with van der Waals surface area (Å²) < 4.78 is 7.21. The summed E-state index contributed by atoms with van der Waals surface area (Å²) in [5.41, 5.74) is 0.978. The number of aryl methyl sites for hydroxylation is 1. The first-order valence-electron chi connectivity index (χ1n) is 11.3. The minimum atomic E-state index is -1.15. The van der Waals surface area contributed by atoms with Gasteiger partial charge in [-0.1, -0.05) is 19.6 Å². The van der Waals surface area contributed by atoms with Gasteiger partial charge in [-0.2, -0.15) is 0 Å². The lowest BCUT2D eigenvalue weighted by molar-refractivity contribution is -0.163. The number of β-lactam (4-membered cyclic amide) rings is 1. The second-order valence-corrected chi connectivity index (χ2v) is 10.5. The normalized spacial score (nSPS) is 29.2. The zero-order valence-corrected chi connectivity index (χ0v) is 20.3. The van der Waals surface area contributed by atoms with Gasteiger partial charge < -0.3 is 29.3 Å². The van der Waals surface area contributed by atoms with Crippen molar-refractivity contribution in [1.29, 1.82) is 0 Å². The number of ether oxygens (including phenoxy) is 1. The molecule has 6 atom stereocenters. The summed E-state index contributed by atoms with van der Waals surface area (Å²) in [5, 5.41) is 19.9. The number of carbonyl (C=O) groups is 3. The molecule has 3 aliphatic heterocycles. The molecule has 184 valence electrons. The summed E-state index contributed by atoms with van der Waals surface area (Å²) in [6.07, 6.45) is 4.94. The molecule has 0 saturated carbocycles. The van der Waals surface area contributed by atoms with Crippen LogP contribution in [-0.4, -0.2) is 84.1 Å². The van der Waals surface area contributed by atoms with Gasteiger partial charge in [-0.15, -0.1) is 11.8 Å². The van der Waals surface area contributed by atoms with Gasteiger partial charge in [0.05, 0.1) is 24.4 Å². The van der Waals surface area contributed by atoms with Gasteiger partial charge in [0.15, 0.2) is 0 Å². The highest BCUT2D eigenvalue weighted by molar-refractivity contribution is 8.03. The van der Waals surface area contributed by atoms with Crippen LogP contribution < -0.4 is 0 Å². The maximum atomic E-state index is 12.8. The van der Waals surface area contributed by atoms with Crippen LogP contribution in [0.4, 0.5) is 4.79 Å². The predicted molar refractivity (Wildman–Crippen MR) is 125 cm³/mol. The first-order valence-corrected chi connectivity index (χ1v) is 12.2. The summed E-state index contributed by atoms with van der Waals surface area (Å²) in [6, 6.07) is -0.499. The average molecular weight is 491 g/mol. The van der Waals surface area contributed by atoms with Crippen LogP contribution in [0.25, 0.3) is 0 Å². The smallest absolute Gasteiger partial charge is 0.410 e. The standard InChI is InChI=1S/C23H30N4O6S/c1-5-6-33-23(32)26-10-16(8-14(26)7-15-9-24-11-25(15)4)34-20-12(2)18-17(13(3)28)21(29)27(18)19(20)22(30)31/h5,9,11-14,16-18,28H,1,6-8,10H2,2-4H3,(H,30,31)/t12-,13-,14-,16+,17-,18-/m1/s1. The molecule has 2 N–H and O–H groups in total. The number of carboxylic acids is 1. The minimum absolute atomic E-state index is 0.000249. The summed E-state index contributed by atoms with van der Waals surface area (Å²) in [5.74, 6) is -2.32. The molecule has 11 heteroatoms. The number of aromatic nitrogens is 2. The summed E-state index contributed by atoms with van der Waals surface area (Å²) in [6.45, 7) is 7.55. The number of carboxylic acid groups (broad SMARTS) is 1. The number of fused-ring (bicyclic) bond motifs is 1. The van der Waals surface area contributed by atoms with Crippen molar-refractivity contribution in [1.82, 2.24) is 19.4 Å². The molecular weight excluding hydrogens is 460 g/mol. The number of hydrogen-bond acceptors (Lipinski definition) is 7. The Morgan fingerprint density at radius 3 is 2.76 bits per heavy atom. The molecule has 0 aliphatic carbocycles. The average Bonchev–Trinajstić information content (AvgIpc) is 3.43. The molecule has 10 nitrogen and oxygen atoms in total. The highest BCUT2D eigenvalue weighted by Crippen LogP contribution is 2.52. The third kappa shape index (κ3) is 4.11. The van der Waals surface area contributed by atoms with Gasteiger partial charge in [-0.25, -0.2) is 14.6 Å². The van der Waals surface area contributed by atoms with Crippen LogP contribution >= 0.6 is 11.8 Å². The van der Waals surface area contributed by atoms with Gasteiger partial charge in [0, 0.05) is 54.0 Å². The Morgan fingerprint density at radius 1 is 1.44 bits per heavy atom. The molecule has 34 heavy (non-hydrogen) atoms. The molecule has 0 unspecified atom stereocenters. The van der Waals surface area contributed by atoms with Crippen LogP contribution in [0.2, 0.25) is 0 Å². The van der Waals surface area contributed by atoms with E-state index < -0.39 is 24.1 Å². The van der Waals surface area contributed by atoms with Gasteiger partial charge in [0.25, 0.3) is 0 Å². The van der Waals surface area contributed by atoms with E-state index in [4.69, 9.17) is 4.74 Å². The first-order chi connectivity index (χ1) is 16.1. The Kier molecular flexibility index (Phi) is 6.77. The third-order valence-electron chi connectivity index (χ3n) is 6.90. The van der Waals surface area contributed by atoms with E-state index in [0.717, 1.165) is 5.69 Å². The van der Waals surface area contributed by atoms with E-state index in [-0.39, 0.29) is 41.5 Å². The summed E-state index contributed by atoms with van der Waals surface area (Å²) in [7, 11) is 1.90. The zero-order chi connectivity index (χ0) is 24.7. The Labute approximate surface area is 202 Å². The number of aliphatic carboxylic acids is 1. The van der Waals surface area contributed by atoms with Crippen molar-refractivity contribution in [3.8, 4) is 0 Å². The molecule has 0 radical (unpaired) electrons. The third-order valence-corrected chi connectivity index (χ3v) is 8.40. The second kappa shape index (κ2) is 9.46. The zero-order valence-electron chi connectivity index (χ0n) is 19.5. The van der Waals surface area contributed by atoms with E-state index in [1.807, 2.05) is 18.5 Å². The number of aliphatic hydroxyl groups excluding tert-OH is 1. The second-order valence-electron chi connectivity index (χ2n) is 9.12. The fraction of sp³-hybridized carbons (Fsp3) is 0.565. The van der Waals surface area contributed by atoms with E-state index in [0.29, 0.717) is 24.3 Å². The summed E-state index contributed by atoms with van der Waals surface area (Å²) >= 11 is 1.42. The fourth-order valence-electron chi connectivity index (χ4n) is 5.27. The van der Waals surface area contributed by atoms with E-state index in [1.165, 1.54) is 22.7 Å². The lowest BCUT2D eigenvalue weighted by Crippen LogP contribution is -2.63. The largest absolute Gasteiger partial charge is 0.477 e. The molecule has 4 rings (SSSR count). The van der Waals surface area contributed by atoms with Crippen molar-refractivity contribution >= 4 is 29.7 Å². The molecule has 0 aromatic carbocycles.